The van der Waals surface area contributed by atoms with Crippen molar-refractivity contribution in [2.45, 2.75) is 20.3 Å². The average molecular weight is 210 g/mol. The maximum absolute atomic E-state index is 10.6. The first-order valence-electron chi connectivity index (χ1n) is 5.42. The van der Waals surface area contributed by atoms with Crippen LogP contribution in [0.1, 0.15) is 20.3 Å². The van der Waals surface area contributed by atoms with Crippen LogP contribution in [0.15, 0.2) is 24.3 Å². The van der Waals surface area contributed by atoms with E-state index in [1.165, 1.54) is 5.57 Å². The van der Waals surface area contributed by atoms with Crippen molar-refractivity contribution in [3.63, 3.8) is 0 Å². The van der Waals surface area contributed by atoms with Gasteiger partial charge in [0.2, 0.25) is 0 Å². The Labute approximate surface area is 92.6 Å². The highest BCUT2D eigenvalue weighted by Crippen LogP contribution is 1.93. The molecule has 0 aliphatic heterocycles. The van der Waals surface area contributed by atoms with Gasteiger partial charge in [-0.2, -0.15) is 0 Å². The van der Waals surface area contributed by atoms with E-state index in [1.807, 2.05) is 6.08 Å². The first-order valence-corrected chi connectivity index (χ1v) is 5.42. The van der Waals surface area contributed by atoms with Gasteiger partial charge in [-0.25, -0.2) is 0 Å². The third-order valence-electron chi connectivity index (χ3n) is 1.90. The molecule has 3 heteroatoms. The summed E-state index contributed by atoms with van der Waals surface area (Å²) in [5.74, 6) is 0.0911. The molecule has 15 heavy (non-hydrogen) atoms. The number of likely N-dealkylation sites (N-methyl/N-ethyl adjacent to an activating group) is 1. The Kier molecular flexibility index (Phi) is 9.02. The van der Waals surface area contributed by atoms with Gasteiger partial charge in [0.05, 0.1) is 0 Å². The molecule has 0 radical (unpaired) electrons. The van der Waals surface area contributed by atoms with Gasteiger partial charge in [0.15, 0.2) is 5.78 Å². The van der Waals surface area contributed by atoms with Gasteiger partial charge in [-0.1, -0.05) is 25.2 Å². The first kappa shape index (κ1) is 14.1. The minimum atomic E-state index is 0.0911. The molecule has 0 saturated carbocycles. The van der Waals surface area contributed by atoms with Crippen LogP contribution < -0.4 is 10.6 Å². The number of carbonyl (C=O) groups excluding carboxylic acids is 1. The number of rotatable bonds is 9. The van der Waals surface area contributed by atoms with Crippen molar-refractivity contribution in [2.24, 2.45) is 0 Å². The van der Waals surface area contributed by atoms with Gasteiger partial charge >= 0.3 is 0 Å². The summed E-state index contributed by atoms with van der Waals surface area (Å²) in [4.78, 5) is 10.6. The number of nitrogens with one attached hydrogen (secondary N) is 2. The molecule has 0 unspecified atom stereocenters. The summed E-state index contributed by atoms with van der Waals surface area (Å²) in [6, 6.07) is 0. The standard InChI is InChI=1S/C12H22N2O/c1-4-13-10-11(2)7-9-14-8-5-6-12(3)15/h5-6,13-14H,2,4,7-10H2,1,3H3/b6-5+. The molecule has 0 aliphatic rings. The van der Waals surface area contributed by atoms with Crippen LogP contribution >= 0.6 is 0 Å². The smallest absolute Gasteiger partial charge is 0.152 e. The minimum Gasteiger partial charge on any atom is -0.313 e. The summed E-state index contributed by atoms with van der Waals surface area (Å²) in [6.07, 6.45) is 4.40. The summed E-state index contributed by atoms with van der Waals surface area (Å²) in [5.41, 5.74) is 1.21. The molecule has 0 spiro atoms. The summed E-state index contributed by atoms with van der Waals surface area (Å²) in [5, 5.41) is 6.45. The Morgan fingerprint density at radius 1 is 1.40 bits per heavy atom. The van der Waals surface area contributed by atoms with Crippen LogP contribution in [0.25, 0.3) is 0 Å². The maximum atomic E-state index is 10.6. The van der Waals surface area contributed by atoms with Gasteiger partial charge < -0.3 is 10.6 Å². The molecule has 0 aromatic heterocycles. The van der Waals surface area contributed by atoms with Crippen LogP contribution in [0.4, 0.5) is 0 Å². The fourth-order valence-electron chi connectivity index (χ4n) is 1.07. The topological polar surface area (TPSA) is 41.1 Å². The van der Waals surface area contributed by atoms with E-state index in [9.17, 15) is 4.79 Å². The number of hydrogen-bond acceptors (Lipinski definition) is 3. The van der Waals surface area contributed by atoms with Crippen molar-refractivity contribution in [3.8, 4) is 0 Å². The van der Waals surface area contributed by atoms with Gasteiger partial charge in [-0.05, 0) is 32.5 Å². The molecule has 2 N–H and O–H groups in total. The zero-order valence-electron chi connectivity index (χ0n) is 9.81. The number of ketones is 1. The van der Waals surface area contributed by atoms with Gasteiger partial charge in [0.1, 0.15) is 0 Å². The van der Waals surface area contributed by atoms with Gasteiger partial charge in [-0.3, -0.25) is 4.79 Å². The molecular formula is C12H22N2O. The summed E-state index contributed by atoms with van der Waals surface area (Å²) < 4.78 is 0. The van der Waals surface area contributed by atoms with Crippen molar-refractivity contribution in [1.29, 1.82) is 0 Å². The monoisotopic (exact) mass is 210 g/mol. The second-order valence-electron chi connectivity index (χ2n) is 3.50. The number of allylic oxidation sites excluding steroid dienone is 1. The Bertz CT molecular complexity index is 222. The lowest BCUT2D eigenvalue weighted by Crippen LogP contribution is -2.20. The van der Waals surface area contributed by atoms with Crippen LogP contribution in [0.3, 0.4) is 0 Å². The van der Waals surface area contributed by atoms with Crippen LogP contribution in [0.5, 0.6) is 0 Å². The summed E-state index contributed by atoms with van der Waals surface area (Å²) in [6.45, 7) is 11.1. The van der Waals surface area contributed by atoms with Crippen molar-refractivity contribution >= 4 is 5.78 Å². The highest BCUT2D eigenvalue weighted by atomic mass is 16.1. The van der Waals surface area contributed by atoms with E-state index in [0.29, 0.717) is 0 Å². The van der Waals surface area contributed by atoms with E-state index in [1.54, 1.807) is 13.0 Å². The van der Waals surface area contributed by atoms with E-state index in [-0.39, 0.29) is 5.78 Å². The molecule has 0 saturated heterocycles. The number of hydrogen-bond donors (Lipinski definition) is 2. The molecule has 0 rings (SSSR count). The van der Waals surface area contributed by atoms with E-state index in [4.69, 9.17) is 0 Å². The third kappa shape index (κ3) is 11.0. The van der Waals surface area contributed by atoms with Gasteiger partial charge in [-0.15, -0.1) is 0 Å². The summed E-state index contributed by atoms with van der Waals surface area (Å²) in [7, 11) is 0. The molecule has 0 aromatic carbocycles. The maximum Gasteiger partial charge on any atom is 0.152 e. The van der Waals surface area contributed by atoms with Crippen LogP contribution in [-0.2, 0) is 4.79 Å². The average Bonchev–Trinajstić information content (AvgIpc) is 2.19. The molecule has 3 nitrogen and oxygen atoms in total. The molecular weight excluding hydrogens is 188 g/mol. The molecule has 86 valence electrons. The molecule has 0 bridgehead atoms. The van der Waals surface area contributed by atoms with E-state index < -0.39 is 0 Å². The van der Waals surface area contributed by atoms with Gasteiger partial charge in [0, 0.05) is 13.1 Å². The second kappa shape index (κ2) is 9.62. The predicted octanol–water partition coefficient (Wildman–Crippen LogP) is 1.28. The van der Waals surface area contributed by atoms with E-state index in [0.717, 1.165) is 32.6 Å². The van der Waals surface area contributed by atoms with Gasteiger partial charge in [0.25, 0.3) is 0 Å². The Morgan fingerprint density at radius 3 is 2.73 bits per heavy atom. The zero-order chi connectivity index (χ0) is 11.5. The Balaban J connectivity index is 3.30. The molecule has 0 aromatic rings. The SMILES string of the molecule is C=C(CCNC/C=C/C(C)=O)CNCC. The lowest BCUT2D eigenvalue weighted by atomic mass is 10.2. The quantitative estimate of drug-likeness (QED) is 0.342. The fourth-order valence-corrected chi connectivity index (χ4v) is 1.07. The molecule has 0 heterocycles. The fraction of sp³-hybridized carbons (Fsp3) is 0.583. The summed E-state index contributed by atoms with van der Waals surface area (Å²) >= 11 is 0. The number of carbonyl (C=O) groups is 1. The lowest BCUT2D eigenvalue weighted by molar-refractivity contribution is -0.112. The minimum absolute atomic E-state index is 0.0911. The molecule has 0 fully saturated rings. The van der Waals surface area contributed by atoms with Crippen molar-refractivity contribution in [3.05, 3.63) is 24.3 Å². The zero-order valence-corrected chi connectivity index (χ0v) is 9.81. The molecule has 0 atom stereocenters. The Morgan fingerprint density at radius 2 is 2.13 bits per heavy atom. The van der Waals surface area contributed by atoms with Crippen LogP contribution in [0, 0.1) is 0 Å². The third-order valence-corrected chi connectivity index (χ3v) is 1.90. The predicted molar refractivity (Wildman–Crippen MR) is 65.0 cm³/mol. The molecule has 0 amide bonds. The first-order chi connectivity index (χ1) is 7.16. The highest BCUT2D eigenvalue weighted by Gasteiger charge is 1.92. The molecule has 0 aliphatic carbocycles. The van der Waals surface area contributed by atoms with E-state index in [2.05, 4.69) is 24.1 Å². The second-order valence-corrected chi connectivity index (χ2v) is 3.50. The van der Waals surface area contributed by atoms with E-state index >= 15 is 0 Å². The highest BCUT2D eigenvalue weighted by molar-refractivity contribution is 5.87. The van der Waals surface area contributed by atoms with Crippen molar-refractivity contribution in [2.75, 3.05) is 26.2 Å². The lowest BCUT2D eigenvalue weighted by Gasteiger charge is -2.06. The largest absolute Gasteiger partial charge is 0.313 e. The van der Waals surface area contributed by atoms with Crippen molar-refractivity contribution in [1.82, 2.24) is 10.6 Å². The normalized spacial score (nSPS) is 10.8. The Hall–Kier alpha value is -0.930. The van der Waals surface area contributed by atoms with Crippen LogP contribution in [-0.4, -0.2) is 32.0 Å². The van der Waals surface area contributed by atoms with Crippen LogP contribution in [0.2, 0.25) is 0 Å². The van der Waals surface area contributed by atoms with Crippen molar-refractivity contribution < 1.29 is 4.79 Å².